The summed E-state index contributed by atoms with van der Waals surface area (Å²) >= 11 is 1.91. The van der Waals surface area contributed by atoms with Crippen molar-refractivity contribution in [3.8, 4) is 0 Å². The molecular weight excluding hydrogens is 246 g/mol. The predicted molar refractivity (Wildman–Crippen MR) is 74.1 cm³/mol. The molecule has 1 heterocycles. The first-order chi connectivity index (χ1) is 8.56. The second-order valence-corrected chi connectivity index (χ2v) is 6.35. The van der Waals surface area contributed by atoms with Gasteiger partial charge >= 0.3 is 5.97 Å². The monoisotopic (exact) mass is 265 g/mol. The number of hydrogen-bond donors (Lipinski definition) is 1. The van der Waals surface area contributed by atoms with E-state index in [-0.39, 0.29) is 5.92 Å². The minimum atomic E-state index is -0.718. The largest absolute Gasteiger partial charge is 0.481 e. The van der Waals surface area contributed by atoms with Crippen molar-refractivity contribution in [1.82, 2.24) is 4.90 Å². The van der Waals surface area contributed by atoms with Crippen LogP contribution in [0, 0.1) is 5.92 Å². The van der Waals surface area contributed by atoms with E-state index in [0.29, 0.717) is 11.8 Å². The van der Waals surface area contributed by atoms with Crippen LogP contribution in [0.1, 0.15) is 12.5 Å². The lowest BCUT2D eigenvalue weighted by Crippen LogP contribution is -2.33. The summed E-state index contributed by atoms with van der Waals surface area (Å²) in [5.41, 5.74) is 1.42. The molecule has 4 heteroatoms. The Kier molecular flexibility index (Phi) is 4.30. The van der Waals surface area contributed by atoms with Gasteiger partial charge in [0.25, 0.3) is 0 Å². The van der Waals surface area contributed by atoms with Crippen LogP contribution in [0.25, 0.3) is 0 Å². The van der Waals surface area contributed by atoms with Gasteiger partial charge in [-0.05, 0) is 25.1 Å². The number of aliphatic carboxylic acids is 1. The van der Waals surface area contributed by atoms with Crippen LogP contribution in [-0.2, 0) is 11.2 Å². The number of fused-ring (bicyclic) bond motifs is 1. The predicted octanol–water partition coefficient (Wildman–Crippen LogP) is 2.36. The fraction of sp³-hybridized carbons (Fsp3) is 0.500. The molecule has 2 unspecified atom stereocenters. The van der Waals surface area contributed by atoms with Crippen LogP contribution in [0.2, 0.25) is 0 Å². The van der Waals surface area contributed by atoms with Crippen molar-refractivity contribution in [2.75, 3.05) is 20.1 Å². The van der Waals surface area contributed by atoms with Crippen molar-refractivity contribution in [2.45, 2.75) is 23.5 Å². The van der Waals surface area contributed by atoms with Gasteiger partial charge in [-0.3, -0.25) is 4.79 Å². The number of hydrogen-bond acceptors (Lipinski definition) is 3. The van der Waals surface area contributed by atoms with Crippen LogP contribution in [0.15, 0.2) is 29.2 Å². The van der Waals surface area contributed by atoms with Crippen molar-refractivity contribution >= 4 is 17.7 Å². The smallest absolute Gasteiger partial charge is 0.307 e. The lowest BCUT2D eigenvalue weighted by molar-refractivity contribution is -0.141. The van der Waals surface area contributed by atoms with Crippen LogP contribution in [0.5, 0.6) is 0 Å². The summed E-state index contributed by atoms with van der Waals surface area (Å²) in [7, 11) is 2.00. The normalized spacial score (nSPS) is 19.8. The third kappa shape index (κ3) is 3.27. The number of carboxylic acids is 1. The van der Waals surface area contributed by atoms with E-state index >= 15 is 0 Å². The van der Waals surface area contributed by atoms with E-state index in [1.165, 1.54) is 10.5 Å². The second kappa shape index (κ2) is 5.76. The van der Waals surface area contributed by atoms with Crippen LogP contribution in [0.3, 0.4) is 0 Å². The molecule has 1 aromatic carbocycles. The van der Waals surface area contributed by atoms with E-state index in [0.717, 1.165) is 13.0 Å². The van der Waals surface area contributed by atoms with Gasteiger partial charge in [-0.15, -0.1) is 11.8 Å². The first kappa shape index (κ1) is 13.4. The van der Waals surface area contributed by atoms with Crippen LogP contribution < -0.4 is 0 Å². The molecule has 0 saturated heterocycles. The average molecular weight is 265 g/mol. The zero-order chi connectivity index (χ0) is 13.1. The highest BCUT2D eigenvalue weighted by atomic mass is 32.2. The van der Waals surface area contributed by atoms with Crippen molar-refractivity contribution in [3.05, 3.63) is 29.8 Å². The average Bonchev–Trinajstić information content (AvgIpc) is 2.70. The topological polar surface area (TPSA) is 40.5 Å². The Labute approximate surface area is 112 Å². The molecule has 0 amide bonds. The van der Waals surface area contributed by atoms with E-state index in [1.807, 2.05) is 18.8 Å². The highest BCUT2D eigenvalue weighted by molar-refractivity contribution is 8.00. The number of carbonyl (C=O) groups is 1. The minimum absolute atomic E-state index is 0.302. The minimum Gasteiger partial charge on any atom is -0.481 e. The molecule has 1 N–H and O–H groups in total. The highest BCUT2D eigenvalue weighted by Gasteiger charge is 2.24. The molecule has 3 nitrogen and oxygen atoms in total. The van der Waals surface area contributed by atoms with Gasteiger partial charge in [-0.25, -0.2) is 0 Å². The SMILES string of the molecule is CC(CN(C)CC1Cc2ccccc2S1)C(=O)O. The Morgan fingerprint density at radius 2 is 2.28 bits per heavy atom. The molecule has 0 fully saturated rings. The van der Waals surface area contributed by atoms with Gasteiger partial charge in [0, 0.05) is 23.2 Å². The summed E-state index contributed by atoms with van der Waals surface area (Å²) in [6.45, 7) is 3.31. The first-order valence-corrected chi connectivity index (χ1v) is 7.10. The summed E-state index contributed by atoms with van der Waals surface area (Å²) in [5.74, 6) is -1.02. The van der Waals surface area contributed by atoms with E-state index in [4.69, 9.17) is 5.11 Å². The summed E-state index contributed by atoms with van der Waals surface area (Å²) in [6.07, 6.45) is 1.09. The number of nitrogens with zero attached hydrogens (tertiary/aromatic N) is 1. The highest BCUT2D eigenvalue weighted by Crippen LogP contribution is 2.36. The Bertz CT molecular complexity index is 411. The maximum atomic E-state index is 10.8. The molecule has 18 heavy (non-hydrogen) atoms. The zero-order valence-electron chi connectivity index (χ0n) is 10.8. The molecule has 2 atom stereocenters. The number of carboxylic acid groups (broad SMARTS) is 1. The molecule has 0 spiro atoms. The lowest BCUT2D eigenvalue weighted by atomic mass is 10.1. The Morgan fingerprint density at radius 1 is 1.56 bits per heavy atom. The molecular formula is C14H19NO2S. The second-order valence-electron chi connectivity index (χ2n) is 5.01. The van der Waals surface area contributed by atoms with E-state index in [2.05, 4.69) is 29.2 Å². The number of benzene rings is 1. The molecule has 2 rings (SSSR count). The standard InChI is InChI=1S/C14H19NO2S/c1-10(14(16)17)8-15(2)9-12-7-11-5-3-4-6-13(11)18-12/h3-6,10,12H,7-9H2,1-2H3,(H,16,17). The summed E-state index contributed by atoms with van der Waals surface area (Å²) in [4.78, 5) is 14.3. The van der Waals surface area contributed by atoms with Gasteiger partial charge in [0.15, 0.2) is 0 Å². The fourth-order valence-electron chi connectivity index (χ4n) is 2.32. The molecule has 1 aliphatic heterocycles. The first-order valence-electron chi connectivity index (χ1n) is 6.22. The van der Waals surface area contributed by atoms with Gasteiger partial charge in [0.05, 0.1) is 5.92 Å². The third-order valence-electron chi connectivity index (χ3n) is 3.24. The fourth-order valence-corrected chi connectivity index (χ4v) is 3.73. The van der Waals surface area contributed by atoms with E-state index < -0.39 is 5.97 Å². The summed E-state index contributed by atoms with van der Waals surface area (Å²) < 4.78 is 0. The maximum absolute atomic E-state index is 10.8. The van der Waals surface area contributed by atoms with Crippen LogP contribution in [0.4, 0.5) is 0 Å². The van der Waals surface area contributed by atoms with Crippen LogP contribution in [-0.4, -0.2) is 41.4 Å². The van der Waals surface area contributed by atoms with Gasteiger partial charge < -0.3 is 10.0 Å². The van der Waals surface area contributed by atoms with Crippen molar-refractivity contribution in [1.29, 1.82) is 0 Å². The van der Waals surface area contributed by atoms with Crippen LogP contribution >= 0.6 is 11.8 Å². The molecule has 0 radical (unpaired) electrons. The maximum Gasteiger partial charge on any atom is 0.307 e. The summed E-state index contributed by atoms with van der Waals surface area (Å²) in [5, 5.41) is 9.45. The molecule has 0 saturated carbocycles. The van der Waals surface area contributed by atoms with Gasteiger partial charge in [0.1, 0.15) is 0 Å². The zero-order valence-corrected chi connectivity index (χ0v) is 11.6. The molecule has 1 aliphatic rings. The Hall–Kier alpha value is -1.00. The van der Waals surface area contributed by atoms with Crippen molar-refractivity contribution in [3.63, 3.8) is 0 Å². The molecule has 0 aliphatic carbocycles. The van der Waals surface area contributed by atoms with Crippen molar-refractivity contribution in [2.24, 2.45) is 5.92 Å². The number of rotatable bonds is 5. The third-order valence-corrected chi connectivity index (χ3v) is 4.54. The Morgan fingerprint density at radius 3 is 2.94 bits per heavy atom. The molecule has 98 valence electrons. The van der Waals surface area contributed by atoms with Gasteiger partial charge in [-0.2, -0.15) is 0 Å². The van der Waals surface area contributed by atoms with Gasteiger partial charge in [-0.1, -0.05) is 25.1 Å². The molecule has 0 aromatic heterocycles. The van der Waals surface area contributed by atoms with Gasteiger partial charge in [0.2, 0.25) is 0 Å². The van der Waals surface area contributed by atoms with E-state index in [1.54, 1.807) is 6.92 Å². The lowest BCUT2D eigenvalue weighted by Gasteiger charge is -2.22. The molecule has 0 bridgehead atoms. The quantitative estimate of drug-likeness (QED) is 0.887. The summed E-state index contributed by atoms with van der Waals surface area (Å²) in [6, 6.07) is 8.50. The Balaban J connectivity index is 1.84. The number of thioether (sulfide) groups is 1. The van der Waals surface area contributed by atoms with E-state index in [9.17, 15) is 4.79 Å². The van der Waals surface area contributed by atoms with Crippen molar-refractivity contribution < 1.29 is 9.90 Å². The molecule has 1 aromatic rings.